The van der Waals surface area contributed by atoms with Gasteiger partial charge in [0.25, 0.3) is 0 Å². The Balaban J connectivity index is 1.21. The second-order valence-electron chi connectivity index (χ2n) is 9.38. The quantitative estimate of drug-likeness (QED) is 0.734. The third-order valence-corrected chi connectivity index (χ3v) is 6.89. The summed E-state index contributed by atoms with van der Waals surface area (Å²) in [5, 5.41) is 13.4. The number of aliphatic hydroxyl groups is 1. The van der Waals surface area contributed by atoms with Crippen LogP contribution in [0.15, 0.2) is 18.2 Å². The van der Waals surface area contributed by atoms with E-state index in [9.17, 15) is 14.3 Å². The first kappa shape index (κ1) is 20.6. The van der Waals surface area contributed by atoms with Gasteiger partial charge in [-0.1, -0.05) is 6.07 Å². The maximum Gasteiger partial charge on any atom is 0.227 e. The lowest BCUT2D eigenvalue weighted by atomic mass is 9.91. The number of ether oxygens (including phenoxy) is 1. The third kappa shape index (κ3) is 5.28. The minimum Gasteiger partial charge on any atom is -0.493 e. The van der Waals surface area contributed by atoms with Gasteiger partial charge in [-0.15, -0.1) is 0 Å². The van der Waals surface area contributed by atoms with Crippen molar-refractivity contribution in [2.24, 2.45) is 17.8 Å². The molecular weight excluding hydrogens is 371 g/mol. The van der Waals surface area contributed by atoms with E-state index in [0.29, 0.717) is 37.4 Å². The van der Waals surface area contributed by atoms with Crippen molar-refractivity contribution in [3.8, 4) is 5.75 Å². The summed E-state index contributed by atoms with van der Waals surface area (Å²) in [6.07, 6.45) is 5.51. The Morgan fingerprint density at radius 1 is 1.38 bits per heavy atom. The van der Waals surface area contributed by atoms with Crippen LogP contribution in [0.2, 0.25) is 0 Å². The fourth-order valence-electron chi connectivity index (χ4n) is 4.97. The van der Waals surface area contributed by atoms with Crippen molar-refractivity contribution >= 4 is 5.91 Å². The van der Waals surface area contributed by atoms with Crippen molar-refractivity contribution in [3.63, 3.8) is 0 Å². The van der Waals surface area contributed by atoms with Crippen LogP contribution in [0, 0.1) is 23.6 Å². The fourth-order valence-corrected chi connectivity index (χ4v) is 4.97. The lowest BCUT2D eigenvalue weighted by molar-refractivity contribution is -0.130. The number of nitrogens with one attached hydrogen (secondary N) is 1. The third-order valence-electron chi connectivity index (χ3n) is 6.89. The van der Waals surface area contributed by atoms with Gasteiger partial charge < -0.3 is 20.1 Å². The van der Waals surface area contributed by atoms with E-state index in [1.165, 1.54) is 25.3 Å². The van der Waals surface area contributed by atoms with Gasteiger partial charge in [0.05, 0.1) is 18.6 Å². The Morgan fingerprint density at radius 3 is 2.86 bits per heavy atom. The van der Waals surface area contributed by atoms with Crippen LogP contribution in [0.5, 0.6) is 5.75 Å². The van der Waals surface area contributed by atoms with Crippen molar-refractivity contribution in [3.05, 3.63) is 29.6 Å². The van der Waals surface area contributed by atoms with Gasteiger partial charge in [0.1, 0.15) is 11.6 Å². The fraction of sp³-hybridized carbons (Fsp3) is 0.696. The molecule has 2 heterocycles. The predicted octanol–water partition coefficient (Wildman–Crippen LogP) is 2.76. The molecular formula is C23H33FN2O3. The summed E-state index contributed by atoms with van der Waals surface area (Å²) in [4.78, 5) is 14.0. The number of carbonyl (C=O) groups is 1. The molecule has 3 fully saturated rings. The molecule has 1 saturated carbocycles. The van der Waals surface area contributed by atoms with E-state index >= 15 is 0 Å². The van der Waals surface area contributed by atoms with Gasteiger partial charge >= 0.3 is 0 Å². The van der Waals surface area contributed by atoms with Crippen LogP contribution in [0.3, 0.4) is 0 Å². The zero-order valence-electron chi connectivity index (χ0n) is 17.3. The molecule has 6 heteroatoms. The molecule has 29 heavy (non-hydrogen) atoms. The molecule has 4 rings (SSSR count). The van der Waals surface area contributed by atoms with E-state index in [1.54, 1.807) is 24.0 Å². The van der Waals surface area contributed by atoms with Crippen LogP contribution >= 0.6 is 0 Å². The van der Waals surface area contributed by atoms with E-state index < -0.39 is 11.4 Å². The van der Waals surface area contributed by atoms with Crippen LogP contribution in [0.4, 0.5) is 4.39 Å². The Morgan fingerprint density at radius 2 is 2.17 bits per heavy atom. The summed E-state index contributed by atoms with van der Waals surface area (Å²) in [6, 6.07) is 4.79. The number of amides is 1. The van der Waals surface area contributed by atoms with Crippen molar-refractivity contribution in [1.29, 1.82) is 0 Å². The maximum absolute atomic E-state index is 14.4. The minimum atomic E-state index is -0.833. The van der Waals surface area contributed by atoms with Gasteiger partial charge in [0, 0.05) is 19.2 Å². The van der Waals surface area contributed by atoms with Crippen molar-refractivity contribution in [1.82, 2.24) is 10.2 Å². The zero-order valence-corrected chi connectivity index (χ0v) is 17.3. The largest absolute Gasteiger partial charge is 0.493 e. The number of piperidine rings is 1. The number of hydrogen-bond donors (Lipinski definition) is 2. The van der Waals surface area contributed by atoms with Gasteiger partial charge in [-0.25, -0.2) is 4.39 Å². The number of β-amino-alcohol motifs (C(OH)–C–C–N with tert-alkyl or cyclic N) is 1. The molecule has 0 aromatic heterocycles. The SMILES string of the molecule is CC1(O)CCN(C(=O)Cc2ccc(OCCC3CC3C3CCNCC3)cc2F)C1. The zero-order chi connectivity index (χ0) is 20.4. The first-order valence-corrected chi connectivity index (χ1v) is 11.0. The smallest absolute Gasteiger partial charge is 0.227 e. The lowest BCUT2D eigenvalue weighted by Crippen LogP contribution is -2.34. The normalized spacial score (nSPS) is 29.8. The van der Waals surface area contributed by atoms with E-state index in [4.69, 9.17) is 4.74 Å². The molecule has 2 saturated heterocycles. The molecule has 2 N–H and O–H groups in total. The molecule has 160 valence electrons. The Labute approximate surface area is 172 Å². The van der Waals surface area contributed by atoms with Gasteiger partial charge in [0.15, 0.2) is 0 Å². The highest BCUT2D eigenvalue weighted by Gasteiger charge is 2.42. The Kier molecular flexibility index (Phi) is 6.11. The number of likely N-dealkylation sites (tertiary alicyclic amines) is 1. The van der Waals surface area contributed by atoms with E-state index in [1.807, 2.05) is 0 Å². The maximum atomic E-state index is 14.4. The van der Waals surface area contributed by atoms with E-state index in [0.717, 1.165) is 37.3 Å². The van der Waals surface area contributed by atoms with Crippen LogP contribution in [0.1, 0.15) is 44.6 Å². The monoisotopic (exact) mass is 404 g/mol. The number of rotatable bonds is 7. The summed E-state index contributed by atoms with van der Waals surface area (Å²) >= 11 is 0. The van der Waals surface area contributed by atoms with Crippen LogP contribution < -0.4 is 10.1 Å². The first-order chi connectivity index (χ1) is 13.9. The molecule has 2 aliphatic heterocycles. The standard InChI is InChI=1S/C23H33FN2O3/c1-23(28)7-10-26(15-23)22(27)13-18-2-3-19(14-21(18)24)29-11-6-17-12-20(17)16-4-8-25-9-5-16/h2-3,14,16-17,20,25,28H,4-13,15H2,1H3. The molecule has 1 aromatic rings. The van der Waals surface area contributed by atoms with Gasteiger partial charge in [-0.05, 0) is 81.5 Å². The Bertz CT molecular complexity index is 733. The molecule has 3 unspecified atom stereocenters. The Hall–Kier alpha value is -1.66. The topological polar surface area (TPSA) is 61.8 Å². The second-order valence-corrected chi connectivity index (χ2v) is 9.38. The van der Waals surface area contributed by atoms with Crippen molar-refractivity contribution < 1.29 is 19.0 Å². The second kappa shape index (κ2) is 8.60. The summed E-state index contributed by atoms with van der Waals surface area (Å²) < 4.78 is 20.2. The van der Waals surface area contributed by atoms with Gasteiger partial charge in [-0.2, -0.15) is 0 Å². The molecule has 0 spiro atoms. The lowest BCUT2D eigenvalue weighted by Gasteiger charge is -2.22. The van der Waals surface area contributed by atoms with Gasteiger partial charge in [-0.3, -0.25) is 4.79 Å². The van der Waals surface area contributed by atoms with E-state index in [2.05, 4.69) is 5.32 Å². The average Bonchev–Trinajstić information content (AvgIpc) is 3.38. The molecule has 1 aromatic carbocycles. The molecule has 1 aliphatic carbocycles. The molecule has 0 bridgehead atoms. The highest BCUT2D eigenvalue weighted by molar-refractivity contribution is 5.79. The van der Waals surface area contributed by atoms with E-state index in [-0.39, 0.29) is 12.3 Å². The summed E-state index contributed by atoms with van der Waals surface area (Å²) in [7, 11) is 0. The molecule has 3 atom stereocenters. The summed E-state index contributed by atoms with van der Waals surface area (Å²) in [5.74, 6) is 2.47. The number of nitrogens with zero attached hydrogens (tertiary/aromatic N) is 1. The number of benzene rings is 1. The molecule has 5 nitrogen and oxygen atoms in total. The highest BCUT2D eigenvalue weighted by Crippen LogP contribution is 2.49. The average molecular weight is 405 g/mol. The first-order valence-electron chi connectivity index (χ1n) is 11.0. The number of halogens is 1. The van der Waals surface area contributed by atoms with Crippen LogP contribution in [0.25, 0.3) is 0 Å². The summed E-state index contributed by atoms with van der Waals surface area (Å²) in [5.41, 5.74) is -0.456. The summed E-state index contributed by atoms with van der Waals surface area (Å²) in [6.45, 7) is 5.48. The van der Waals surface area contributed by atoms with Crippen molar-refractivity contribution in [2.75, 3.05) is 32.8 Å². The molecule has 1 amide bonds. The highest BCUT2D eigenvalue weighted by atomic mass is 19.1. The number of hydrogen-bond acceptors (Lipinski definition) is 4. The van der Waals surface area contributed by atoms with Crippen LogP contribution in [-0.2, 0) is 11.2 Å². The van der Waals surface area contributed by atoms with Crippen LogP contribution in [-0.4, -0.2) is 54.3 Å². The molecule has 0 radical (unpaired) electrons. The van der Waals surface area contributed by atoms with Crippen molar-refractivity contribution in [2.45, 2.75) is 51.0 Å². The minimum absolute atomic E-state index is 0.0161. The number of carbonyl (C=O) groups excluding carboxylic acids is 1. The predicted molar refractivity (Wildman–Crippen MR) is 109 cm³/mol. The van der Waals surface area contributed by atoms with Gasteiger partial charge in [0.2, 0.25) is 5.91 Å². The molecule has 3 aliphatic rings.